The molecule has 0 aliphatic carbocycles. The zero-order valence-electron chi connectivity index (χ0n) is 11.9. The van der Waals surface area contributed by atoms with Gasteiger partial charge in [0.15, 0.2) is 0 Å². The molecule has 1 amide bonds. The zero-order valence-corrected chi connectivity index (χ0v) is 12.7. The molecule has 1 aliphatic rings. The maximum Gasteiger partial charge on any atom is 0.270 e. The summed E-state index contributed by atoms with van der Waals surface area (Å²) in [5.41, 5.74) is 6.19. The van der Waals surface area contributed by atoms with Crippen molar-refractivity contribution in [2.24, 2.45) is 11.7 Å². The first-order chi connectivity index (χ1) is 9.49. The van der Waals surface area contributed by atoms with Crippen molar-refractivity contribution in [3.63, 3.8) is 0 Å². The molecule has 0 radical (unpaired) electrons. The van der Waals surface area contributed by atoms with E-state index in [1.807, 2.05) is 6.92 Å². The van der Waals surface area contributed by atoms with Crippen LogP contribution < -0.4 is 5.73 Å². The Balaban J connectivity index is 0.00000220. The van der Waals surface area contributed by atoms with Crippen LogP contribution in [0.3, 0.4) is 0 Å². The Bertz CT molecular complexity index is 514. The second-order valence-electron chi connectivity index (χ2n) is 5.30. The zero-order chi connectivity index (χ0) is 14.7. The number of nitro benzene ring substituents is 1. The molecule has 0 bridgehead atoms. The Morgan fingerprint density at radius 1 is 1.43 bits per heavy atom. The number of hydrogen-bond donors (Lipinski definition) is 1. The minimum absolute atomic E-state index is 0. The van der Waals surface area contributed by atoms with E-state index in [9.17, 15) is 14.9 Å². The Morgan fingerprint density at radius 2 is 2.05 bits per heavy atom. The smallest absolute Gasteiger partial charge is 0.270 e. The number of piperidine rings is 1. The lowest BCUT2D eigenvalue weighted by Gasteiger charge is -2.33. The molecule has 1 heterocycles. The number of nitrogens with zero attached hydrogens (tertiary/aromatic N) is 2. The van der Waals surface area contributed by atoms with Gasteiger partial charge >= 0.3 is 0 Å². The van der Waals surface area contributed by atoms with Crippen molar-refractivity contribution in [2.45, 2.75) is 25.8 Å². The summed E-state index contributed by atoms with van der Waals surface area (Å²) < 4.78 is 0. The summed E-state index contributed by atoms with van der Waals surface area (Å²) in [4.78, 5) is 24.3. The third kappa shape index (κ3) is 4.15. The maximum atomic E-state index is 12.3. The fraction of sp³-hybridized carbons (Fsp3) is 0.500. The van der Waals surface area contributed by atoms with Crippen molar-refractivity contribution in [2.75, 3.05) is 13.1 Å². The number of hydrogen-bond acceptors (Lipinski definition) is 4. The number of benzene rings is 1. The molecule has 1 unspecified atom stereocenters. The molecule has 1 saturated heterocycles. The van der Waals surface area contributed by atoms with E-state index in [1.54, 1.807) is 17.0 Å². The predicted octanol–water partition coefficient (Wildman–Crippen LogP) is 2.22. The van der Waals surface area contributed by atoms with Gasteiger partial charge in [0.05, 0.1) is 4.92 Å². The number of carbonyl (C=O) groups excluding carboxylic acids is 1. The normalized spacial score (nSPS) is 17.0. The maximum absolute atomic E-state index is 12.3. The number of nitro groups is 1. The highest BCUT2D eigenvalue weighted by Gasteiger charge is 2.26. The van der Waals surface area contributed by atoms with E-state index in [2.05, 4.69) is 0 Å². The van der Waals surface area contributed by atoms with Crippen LogP contribution in [0.1, 0.15) is 30.1 Å². The van der Waals surface area contributed by atoms with Crippen LogP contribution in [0.4, 0.5) is 5.69 Å². The fourth-order valence-corrected chi connectivity index (χ4v) is 2.56. The standard InChI is InChI=1S/C14H19N3O3.ClH/c1-10(15)11-5-7-16(8-6-11)14(18)12-3-2-4-13(9-12)17(19)20;/h2-4,9-11H,5-8,15H2,1H3;1H. The quantitative estimate of drug-likeness (QED) is 0.684. The molecule has 2 N–H and O–H groups in total. The first kappa shape index (κ1) is 17.4. The number of carbonyl (C=O) groups is 1. The first-order valence-corrected chi connectivity index (χ1v) is 6.78. The molecule has 116 valence electrons. The summed E-state index contributed by atoms with van der Waals surface area (Å²) in [5, 5.41) is 10.7. The number of amides is 1. The van der Waals surface area contributed by atoms with Crippen LogP contribution in [0.2, 0.25) is 0 Å². The largest absolute Gasteiger partial charge is 0.339 e. The van der Waals surface area contributed by atoms with Gasteiger partial charge in [0.2, 0.25) is 0 Å². The molecule has 6 nitrogen and oxygen atoms in total. The van der Waals surface area contributed by atoms with Crippen LogP contribution in [-0.4, -0.2) is 34.9 Å². The second kappa shape index (κ2) is 7.38. The fourth-order valence-electron chi connectivity index (χ4n) is 2.56. The van der Waals surface area contributed by atoms with E-state index in [4.69, 9.17) is 5.73 Å². The number of nitrogens with two attached hydrogens (primary N) is 1. The highest BCUT2D eigenvalue weighted by atomic mass is 35.5. The minimum Gasteiger partial charge on any atom is -0.339 e. The molecule has 21 heavy (non-hydrogen) atoms. The Kier molecular flexibility index (Phi) is 6.11. The van der Waals surface area contributed by atoms with Crippen LogP contribution in [0.5, 0.6) is 0 Å². The topological polar surface area (TPSA) is 89.5 Å². The number of non-ortho nitro benzene ring substituents is 1. The van der Waals surface area contributed by atoms with E-state index in [0.717, 1.165) is 12.8 Å². The van der Waals surface area contributed by atoms with Crippen molar-refractivity contribution in [3.8, 4) is 0 Å². The third-order valence-electron chi connectivity index (χ3n) is 3.87. The number of rotatable bonds is 3. The van der Waals surface area contributed by atoms with Gasteiger partial charge in [0.25, 0.3) is 11.6 Å². The summed E-state index contributed by atoms with van der Waals surface area (Å²) >= 11 is 0. The molecule has 7 heteroatoms. The van der Waals surface area contributed by atoms with Gasteiger partial charge in [-0.2, -0.15) is 0 Å². The lowest BCUT2D eigenvalue weighted by atomic mass is 9.90. The van der Waals surface area contributed by atoms with E-state index in [-0.39, 0.29) is 30.0 Å². The van der Waals surface area contributed by atoms with Gasteiger partial charge in [-0.05, 0) is 31.7 Å². The van der Waals surface area contributed by atoms with Crippen LogP contribution >= 0.6 is 12.4 Å². The molecular weight excluding hydrogens is 294 g/mol. The summed E-state index contributed by atoms with van der Waals surface area (Å²) in [6.07, 6.45) is 1.77. The summed E-state index contributed by atoms with van der Waals surface area (Å²) in [6.45, 7) is 3.31. The molecule has 1 aliphatic heterocycles. The predicted molar refractivity (Wildman–Crippen MR) is 82.6 cm³/mol. The monoisotopic (exact) mass is 313 g/mol. The molecule has 0 saturated carbocycles. The van der Waals surface area contributed by atoms with Crippen molar-refractivity contribution in [1.82, 2.24) is 4.90 Å². The number of halogens is 1. The highest BCUT2D eigenvalue weighted by Crippen LogP contribution is 2.22. The summed E-state index contributed by atoms with van der Waals surface area (Å²) in [6, 6.07) is 6.02. The third-order valence-corrected chi connectivity index (χ3v) is 3.87. The molecule has 1 aromatic rings. The Morgan fingerprint density at radius 3 is 2.57 bits per heavy atom. The van der Waals surface area contributed by atoms with Gasteiger partial charge in [-0.15, -0.1) is 12.4 Å². The van der Waals surface area contributed by atoms with Crippen molar-refractivity contribution in [3.05, 3.63) is 39.9 Å². The van der Waals surface area contributed by atoms with Crippen molar-refractivity contribution in [1.29, 1.82) is 0 Å². The van der Waals surface area contributed by atoms with Gasteiger partial charge in [-0.25, -0.2) is 0 Å². The van der Waals surface area contributed by atoms with Gasteiger partial charge in [-0.1, -0.05) is 6.07 Å². The molecule has 0 spiro atoms. The second-order valence-corrected chi connectivity index (χ2v) is 5.30. The minimum atomic E-state index is -0.487. The Labute approximate surface area is 129 Å². The van der Waals surface area contributed by atoms with Gasteiger partial charge in [0.1, 0.15) is 0 Å². The van der Waals surface area contributed by atoms with Gasteiger partial charge in [0, 0.05) is 36.8 Å². The SMILES string of the molecule is CC(N)C1CCN(C(=O)c2cccc([N+](=O)[O-])c2)CC1.Cl. The molecule has 0 aromatic heterocycles. The van der Waals surface area contributed by atoms with Gasteiger partial charge < -0.3 is 10.6 Å². The lowest BCUT2D eigenvalue weighted by molar-refractivity contribution is -0.384. The lowest BCUT2D eigenvalue weighted by Crippen LogP contribution is -2.42. The van der Waals surface area contributed by atoms with Gasteiger partial charge in [-0.3, -0.25) is 14.9 Å². The Hall–Kier alpha value is -1.66. The molecule has 2 rings (SSSR count). The first-order valence-electron chi connectivity index (χ1n) is 6.78. The van der Waals surface area contributed by atoms with Crippen molar-refractivity contribution < 1.29 is 9.72 Å². The van der Waals surface area contributed by atoms with E-state index < -0.39 is 4.92 Å². The molecule has 1 fully saturated rings. The van der Waals surface area contributed by atoms with Crippen LogP contribution in [0.15, 0.2) is 24.3 Å². The van der Waals surface area contributed by atoms with Crippen LogP contribution in [0.25, 0.3) is 0 Å². The summed E-state index contributed by atoms with van der Waals surface area (Å²) in [7, 11) is 0. The molecule has 1 atom stereocenters. The average Bonchev–Trinajstić information content (AvgIpc) is 2.46. The number of likely N-dealkylation sites (tertiary alicyclic amines) is 1. The van der Waals surface area contributed by atoms with Crippen LogP contribution in [0, 0.1) is 16.0 Å². The van der Waals surface area contributed by atoms with E-state index in [0.29, 0.717) is 24.6 Å². The summed E-state index contributed by atoms with van der Waals surface area (Å²) in [5.74, 6) is 0.306. The van der Waals surface area contributed by atoms with E-state index >= 15 is 0 Å². The highest BCUT2D eigenvalue weighted by molar-refractivity contribution is 5.94. The molecule has 1 aromatic carbocycles. The van der Waals surface area contributed by atoms with Crippen molar-refractivity contribution >= 4 is 24.0 Å². The van der Waals surface area contributed by atoms with E-state index in [1.165, 1.54) is 12.1 Å². The average molecular weight is 314 g/mol. The van der Waals surface area contributed by atoms with Crippen LogP contribution in [-0.2, 0) is 0 Å². The molecular formula is C14H20ClN3O3.